The highest BCUT2D eigenvalue weighted by atomic mass is 32.1. The van der Waals surface area contributed by atoms with Gasteiger partial charge >= 0.3 is 0 Å². The standard InChI is InChI=1S/C21H19N3O3S/c1-13-5-7-15(8-6-13)21-23-19(24-27-21)17-9-10-18(28-17)20(25)22-14(2)12-16-4-3-11-26-16/h3-11,14H,12H2,1-2H3,(H,22,25). The van der Waals surface area contributed by atoms with E-state index in [0.717, 1.165) is 16.2 Å². The van der Waals surface area contributed by atoms with E-state index in [2.05, 4.69) is 15.5 Å². The number of carbonyl (C=O) groups is 1. The molecule has 0 bridgehead atoms. The topological polar surface area (TPSA) is 81.2 Å². The molecule has 142 valence electrons. The fourth-order valence-corrected chi connectivity index (χ4v) is 3.63. The van der Waals surface area contributed by atoms with E-state index in [1.54, 1.807) is 12.3 Å². The average Bonchev–Trinajstić information content (AvgIpc) is 3.43. The van der Waals surface area contributed by atoms with Gasteiger partial charge in [-0.05, 0) is 50.2 Å². The Kier molecular flexibility index (Phi) is 5.08. The predicted molar refractivity (Wildman–Crippen MR) is 107 cm³/mol. The van der Waals surface area contributed by atoms with Gasteiger partial charge < -0.3 is 14.3 Å². The van der Waals surface area contributed by atoms with Crippen LogP contribution in [0.2, 0.25) is 0 Å². The van der Waals surface area contributed by atoms with Gasteiger partial charge in [0.05, 0.1) is 16.0 Å². The molecule has 0 fully saturated rings. The number of furan rings is 1. The zero-order valence-electron chi connectivity index (χ0n) is 15.5. The van der Waals surface area contributed by atoms with Crippen molar-refractivity contribution in [3.8, 4) is 22.2 Å². The van der Waals surface area contributed by atoms with Gasteiger partial charge in [0, 0.05) is 18.0 Å². The van der Waals surface area contributed by atoms with Gasteiger partial charge in [-0.2, -0.15) is 4.98 Å². The van der Waals surface area contributed by atoms with E-state index in [1.807, 2.05) is 56.3 Å². The zero-order chi connectivity index (χ0) is 19.5. The van der Waals surface area contributed by atoms with Gasteiger partial charge in [0.1, 0.15) is 5.76 Å². The lowest BCUT2D eigenvalue weighted by Crippen LogP contribution is -2.33. The van der Waals surface area contributed by atoms with Crippen LogP contribution in [0.25, 0.3) is 22.2 Å². The number of nitrogens with zero attached hydrogens (tertiary/aromatic N) is 2. The Hall–Kier alpha value is -3.19. The van der Waals surface area contributed by atoms with Crippen molar-refractivity contribution in [2.24, 2.45) is 0 Å². The van der Waals surface area contributed by atoms with Gasteiger partial charge in [0.15, 0.2) is 0 Å². The van der Waals surface area contributed by atoms with Crippen molar-refractivity contribution in [1.29, 1.82) is 0 Å². The van der Waals surface area contributed by atoms with Crippen LogP contribution in [0.1, 0.15) is 27.9 Å². The number of hydrogen-bond acceptors (Lipinski definition) is 6. The maximum absolute atomic E-state index is 12.5. The van der Waals surface area contributed by atoms with Gasteiger partial charge in [0.25, 0.3) is 11.8 Å². The molecular formula is C21H19N3O3S. The fourth-order valence-electron chi connectivity index (χ4n) is 2.79. The summed E-state index contributed by atoms with van der Waals surface area (Å²) in [5, 5.41) is 7.03. The van der Waals surface area contributed by atoms with E-state index in [9.17, 15) is 4.79 Å². The number of aromatic nitrogens is 2. The second-order valence-electron chi connectivity index (χ2n) is 6.61. The number of benzene rings is 1. The predicted octanol–water partition coefficient (Wildman–Crippen LogP) is 4.73. The van der Waals surface area contributed by atoms with Crippen molar-refractivity contribution in [2.45, 2.75) is 26.3 Å². The lowest BCUT2D eigenvalue weighted by Gasteiger charge is -2.11. The Bertz CT molecular complexity index is 1060. The molecule has 0 aliphatic carbocycles. The van der Waals surface area contributed by atoms with Crippen molar-refractivity contribution in [1.82, 2.24) is 15.5 Å². The molecule has 4 rings (SSSR count). The third-order valence-electron chi connectivity index (χ3n) is 4.24. The first-order chi connectivity index (χ1) is 13.6. The minimum atomic E-state index is -0.127. The molecule has 4 aromatic rings. The van der Waals surface area contributed by atoms with Crippen LogP contribution in [0.4, 0.5) is 0 Å². The van der Waals surface area contributed by atoms with Crippen LogP contribution in [0.5, 0.6) is 0 Å². The van der Waals surface area contributed by atoms with Crippen molar-refractivity contribution in [3.05, 3.63) is 71.0 Å². The highest BCUT2D eigenvalue weighted by Crippen LogP contribution is 2.28. The monoisotopic (exact) mass is 393 g/mol. The molecule has 0 spiro atoms. The Morgan fingerprint density at radius 3 is 2.75 bits per heavy atom. The number of rotatable bonds is 6. The van der Waals surface area contributed by atoms with Gasteiger partial charge in [-0.3, -0.25) is 4.79 Å². The van der Waals surface area contributed by atoms with Crippen LogP contribution in [0.15, 0.2) is 63.7 Å². The minimum absolute atomic E-state index is 0.0393. The summed E-state index contributed by atoms with van der Waals surface area (Å²) in [6.45, 7) is 3.97. The van der Waals surface area contributed by atoms with Crippen molar-refractivity contribution < 1.29 is 13.7 Å². The number of carbonyl (C=O) groups excluding carboxylic acids is 1. The molecule has 0 radical (unpaired) electrons. The van der Waals surface area contributed by atoms with Gasteiger partial charge in [-0.25, -0.2) is 0 Å². The Morgan fingerprint density at radius 2 is 2.00 bits per heavy atom. The highest BCUT2D eigenvalue weighted by molar-refractivity contribution is 7.17. The van der Waals surface area contributed by atoms with Crippen LogP contribution < -0.4 is 5.32 Å². The van der Waals surface area contributed by atoms with Gasteiger partial charge in [-0.1, -0.05) is 22.9 Å². The Labute approximate surface area is 166 Å². The fraction of sp³-hybridized carbons (Fsp3) is 0.190. The summed E-state index contributed by atoms with van der Waals surface area (Å²) >= 11 is 1.33. The van der Waals surface area contributed by atoms with E-state index in [4.69, 9.17) is 8.94 Å². The quantitative estimate of drug-likeness (QED) is 0.512. The van der Waals surface area contributed by atoms with E-state index in [0.29, 0.717) is 23.0 Å². The third-order valence-corrected chi connectivity index (χ3v) is 5.32. The summed E-state index contributed by atoms with van der Waals surface area (Å²) in [5.74, 6) is 1.65. The minimum Gasteiger partial charge on any atom is -0.469 e. The molecular weight excluding hydrogens is 374 g/mol. The molecule has 1 N–H and O–H groups in total. The van der Waals surface area contributed by atoms with Crippen molar-refractivity contribution >= 4 is 17.2 Å². The molecule has 28 heavy (non-hydrogen) atoms. The first-order valence-electron chi connectivity index (χ1n) is 8.92. The van der Waals surface area contributed by atoms with Gasteiger partial charge in [0.2, 0.25) is 5.82 Å². The number of thiophene rings is 1. The maximum Gasteiger partial charge on any atom is 0.261 e. The molecule has 1 amide bonds. The van der Waals surface area contributed by atoms with Crippen LogP contribution in [-0.4, -0.2) is 22.1 Å². The lowest BCUT2D eigenvalue weighted by molar-refractivity contribution is 0.0943. The Balaban J connectivity index is 1.44. The second-order valence-corrected chi connectivity index (χ2v) is 7.69. The molecule has 0 aliphatic rings. The van der Waals surface area contributed by atoms with E-state index in [-0.39, 0.29) is 11.9 Å². The van der Waals surface area contributed by atoms with Crippen molar-refractivity contribution in [2.75, 3.05) is 0 Å². The summed E-state index contributed by atoms with van der Waals surface area (Å²) in [7, 11) is 0. The SMILES string of the molecule is Cc1ccc(-c2nc(-c3ccc(C(=O)NC(C)Cc4ccco4)s3)no2)cc1. The zero-order valence-corrected chi connectivity index (χ0v) is 16.3. The molecule has 3 aromatic heterocycles. The number of amides is 1. The van der Waals surface area contributed by atoms with Crippen LogP contribution in [0, 0.1) is 6.92 Å². The first-order valence-corrected chi connectivity index (χ1v) is 9.74. The second kappa shape index (κ2) is 7.82. The molecule has 0 saturated heterocycles. The van der Waals surface area contributed by atoms with E-state index >= 15 is 0 Å². The summed E-state index contributed by atoms with van der Waals surface area (Å²) in [6.07, 6.45) is 2.27. The maximum atomic E-state index is 12.5. The van der Waals surface area contributed by atoms with E-state index < -0.39 is 0 Å². The average molecular weight is 393 g/mol. The number of nitrogens with one attached hydrogen (secondary N) is 1. The smallest absolute Gasteiger partial charge is 0.261 e. The molecule has 1 unspecified atom stereocenters. The molecule has 7 heteroatoms. The summed E-state index contributed by atoms with van der Waals surface area (Å²) in [5.41, 5.74) is 2.03. The first kappa shape index (κ1) is 18.2. The van der Waals surface area contributed by atoms with Gasteiger partial charge in [-0.15, -0.1) is 11.3 Å². The molecule has 3 heterocycles. The molecule has 1 aromatic carbocycles. The van der Waals surface area contributed by atoms with E-state index in [1.165, 1.54) is 16.9 Å². The third kappa shape index (κ3) is 4.04. The van der Waals surface area contributed by atoms with Crippen LogP contribution >= 0.6 is 11.3 Å². The number of hydrogen-bond donors (Lipinski definition) is 1. The van der Waals surface area contributed by atoms with Crippen molar-refractivity contribution in [3.63, 3.8) is 0 Å². The molecule has 0 saturated carbocycles. The normalized spacial score (nSPS) is 12.1. The summed E-state index contributed by atoms with van der Waals surface area (Å²) in [4.78, 5) is 18.3. The molecule has 0 aliphatic heterocycles. The van der Waals surface area contributed by atoms with Crippen LogP contribution in [-0.2, 0) is 6.42 Å². The Morgan fingerprint density at radius 1 is 1.18 bits per heavy atom. The summed E-state index contributed by atoms with van der Waals surface area (Å²) < 4.78 is 10.7. The lowest BCUT2D eigenvalue weighted by atomic mass is 10.1. The van der Waals surface area contributed by atoms with Crippen LogP contribution in [0.3, 0.4) is 0 Å². The number of aryl methyl sites for hydroxylation is 1. The highest BCUT2D eigenvalue weighted by Gasteiger charge is 2.17. The largest absolute Gasteiger partial charge is 0.469 e. The molecule has 6 nitrogen and oxygen atoms in total. The summed E-state index contributed by atoms with van der Waals surface area (Å²) in [6, 6.07) is 15.2. The molecule has 1 atom stereocenters.